The van der Waals surface area contributed by atoms with Crippen LogP contribution in [0.4, 0.5) is 0 Å². The first kappa shape index (κ1) is 13.7. The van der Waals surface area contributed by atoms with Gasteiger partial charge in [0.05, 0.1) is 12.2 Å². The molecule has 1 rings (SSSR count). The maximum absolute atomic E-state index is 11.9. The standard InChI is InChI=1S/C12H22N4O/c1-5-10(6-13)12(17)15-8(2)11-7-14-16(4)9(11)3/h7-8,10H,5-6,13H2,1-4H3,(H,15,17). The van der Waals surface area contributed by atoms with Gasteiger partial charge in [-0.15, -0.1) is 0 Å². The van der Waals surface area contributed by atoms with Crippen LogP contribution in [0.15, 0.2) is 6.20 Å². The van der Waals surface area contributed by atoms with Crippen LogP contribution >= 0.6 is 0 Å². The van der Waals surface area contributed by atoms with E-state index in [1.165, 1.54) is 0 Å². The van der Waals surface area contributed by atoms with Gasteiger partial charge in [0, 0.05) is 30.8 Å². The van der Waals surface area contributed by atoms with Crippen molar-refractivity contribution in [1.29, 1.82) is 0 Å². The fourth-order valence-corrected chi connectivity index (χ4v) is 1.81. The minimum absolute atomic E-state index is 0.0192. The van der Waals surface area contributed by atoms with Gasteiger partial charge in [-0.2, -0.15) is 5.10 Å². The lowest BCUT2D eigenvalue weighted by Gasteiger charge is -2.18. The Morgan fingerprint density at radius 1 is 1.65 bits per heavy atom. The Morgan fingerprint density at radius 3 is 2.71 bits per heavy atom. The summed E-state index contributed by atoms with van der Waals surface area (Å²) in [6, 6.07) is -0.0307. The molecule has 2 atom stereocenters. The summed E-state index contributed by atoms with van der Waals surface area (Å²) >= 11 is 0. The van der Waals surface area contributed by atoms with Crippen molar-refractivity contribution in [2.75, 3.05) is 6.54 Å². The minimum atomic E-state index is -0.102. The highest BCUT2D eigenvalue weighted by Gasteiger charge is 2.19. The van der Waals surface area contributed by atoms with Crippen molar-refractivity contribution in [2.45, 2.75) is 33.2 Å². The maximum Gasteiger partial charge on any atom is 0.224 e. The van der Waals surface area contributed by atoms with Gasteiger partial charge in [-0.1, -0.05) is 6.92 Å². The number of nitrogens with two attached hydrogens (primary N) is 1. The van der Waals surface area contributed by atoms with E-state index in [0.717, 1.165) is 17.7 Å². The molecule has 0 saturated heterocycles. The second kappa shape index (κ2) is 5.82. The van der Waals surface area contributed by atoms with Crippen LogP contribution in [0.5, 0.6) is 0 Å². The van der Waals surface area contributed by atoms with Gasteiger partial charge in [0.1, 0.15) is 0 Å². The van der Waals surface area contributed by atoms with Crippen molar-refractivity contribution in [3.05, 3.63) is 17.5 Å². The number of aromatic nitrogens is 2. The lowest BCUT2D eigenvalue weighted by Crippen LogP contribution is -2.36. The van der Waals surface area contributed by atoms with Crippen molar-refractivity contribution in [2.24, 2.45) is 18.7 Å². The molecule has 1 heterocycles. The van der Waals surface area contributed by atoms with E-state index in [1.807, 2.05) is 27.8 Å². The third kappa shape index (κ3) is 3.06. The molecule has 5 heteroatoms. The molecule has 1 aromatic rings. The minimum Gasteiger partial charge on any atom is -0.349 e. The summed E-state index contributed by atoms with van der Waals surface area (Å²) in [4.78, 5) is 11.9. The molecule has 3 N–H and O–H groups in total. The molecular formula is C12H22N4O. The first-order chi connectivity index (χ1) is 8.01. The first-order valence-electron chi connectivity index (χ1n) is 6.00. The number of carbonyl (C=O) groups excluding carboxylic acids is 1. The predicted molar refractivity (Wildman–Crippen MR) is 67.3 cm³/mol. The molecular weight excluding hydrogens is 216 g/mol. The van der Waals surface area contributed by atoms with Crippen LogP contribution in [-0.4, -0.2) is 22.2 Å². The summed E-state index contributed by atoms with van der Waals surface area (Å²) in [6.45, 7) is 6.31. The molecule has 96 valence electrons. The average molecular weight is 238 g/mol. The molecule has 5 nitrogen and oxygen atoms in total. The molecule has 0 fully saturated rings. The fourth-order valence-electron chi connectivity index (χ4n) is 1.81. The van der Waals surface area contributed by atoms with Crippen LogP contribution in [0.3, 0.4) is 0 Å². The van der Waals surface area contributed by atoms with Crippen molar-refractivity contribution < 1.29 is 4.79 Å². The Balaban J connectivity index is 2.69. The highest BCUT2D eigenvalue weighted by Crippen LogP contribution is 2.16. The van der Waals surface area contributed by atoms with Crippen LogP contribution in [0.1, 0.15) is 37.6 Å². The Hall–Kier alpha value is -1.36. The Bertz CT molecular complexity index is 382. The molecule has 0 radical (unpaired) electrons. The summed E-state index contributed by atoms with van der Waals surface area (Å²) in [7, 11) is 1.89. The Labute approximate surface area is 102 Å². The van der Waals surface area contributed by atoms with E-state index in [9.17, 15) is 4.79 Å². The zero-order chi connectivity index (χ0) is 13.0. The number of hydrogen-bond acceptors (Lipinski definition) is 3. The van der Waals surface area contributed by atoms with Crippen molar-refractivity contribution >= 4 is 5.91 Å². The molecule has 1 amide bonds. The monoisotopic (exact) mass is 238 g/mol. The van der Waals surface area contributed by atoms with E-state index >= 15 is 0 Å². The second-order valence-corrected chi connectivity index (χ2v) is 4.38. The lowest BCUT2D eigenvalue weighted by molar-refractivity contribution is -0.125. The number of nitrogens with one attached hydrogen (secondary N) is 1. The van der Waals surface area contributed by atoms with E-state index in [0.29, 0.717) is 6.54 Å². The van der Waals surface area contributed by atoms with Crippen LogP contribution in [0.2, 0.25) is 0 Å². The summed E-state index contributed by atoms with van der Waals surface area (Å²) in [5, 5.41) is 7.15. The molecule has 0 spiro atoms. The third-order valence-electron chi connectivity index (χ3n) is 3.25. The van der Waals surface area contributed by atoms with E-state index in [4.69, 9.17) is 5.73 Å². The number of nitrogens with zero attached hydrogens (tertiary/aromatic N) is 2. The van der Waals surface area contributed by atoms with E-state index in [-0.39, 0.29) is 17.9 Å². The predicted octanol–water partition coefficient (Wildman–Crippen LogP) is 0.891. The molecule has 0 aliphatic rings. The van der Waals surface area contributed by atoms with Crippen LogP contribution in [0, 0.1) is 12.8 Å². The summed E-state index contributed by atoms with van der Waals surface area (Å²) in [6.07, 6.45) is 2.56. The molecule has 0 aliphatic heterocycles. The fraction of sp³-hybridized carbons (Fsp3) is 0.667. The van der Waals surface area contributed by atoms with Gasteiger partial charge in [-0.05, 0) is 20.3 Å². The molecule has 0 aromatic carbocycles. The Morgan fingerprint density at radius 2 is 2.29 bits per heavy atom. The summed E-state index contributed by atoms with van der Waals surface area (Å²) in [5.41, 5.74) is 7.67. The molecule has 0 saturated carbocycles. The van der Waals surface area contributed by atoms with Gasteiger partial charge in [0.2, 0.25) is 5.91 Å². The highest BCUT2D eigenvalue weighted by molar-refractivity contribution is 5.79. The Kier molecular flexibility index (Phi) is 4.69. The van der Waals surface area contributed by atoms with Gasteiger partial charge in [0.25, 0.3) is 0 Å². The number of aryl methyl sites for hydroxylation is 1. The van der Waals surface area contributed by atoms with Crippen LogP contribution in [-0.2, 0) is 11.8 Å². The largest absolute Gasteiger partial charge is 0.349 e. The van der Waals surface area contributed by atoms with Crippen molar-refractivity contribution in [3.63, 3.8) is 0 Å². The zero-order valence-electron chi connectivity index (χ0n) is 11.0. The maximum atomic E-state index is 11.9. The zero-order valence-corrected chi connectivity index (χ0v) is 11.0. The number of rotatable bonds is 5. The highest BCUT2D eigenvalue weighted by atomic mass is 16.1. The molecule has 17 heavy (non-hydrogen) atoms. The van der Waals surface area contributed by atoms with Crippen LogP contribution < -0.4 is 11.1 Å². The topological polar surface area (TPSA) is 72.9 Å². The van der Waals surface area contributed by atoms with Gasteiger partial charge in [0.15, 0.2) is 0 Å². The SMILES string of the molecule is CCC(CN)C(=O)NC(C)c1cnn(C)c1C. The smallest absolute Gasteiger partial charge is 0.224 e. The van der Waals surface area contributed by atoms with E-state index < -0.39 is 0 Å². The average Bonchev–Trinajstić information content (AvgIpc) is 2.61. The third-order valence-corrected chi connectivity index (χ3v) is 3.25. The molecule has 0 bridgehead atoms. The van der Waals surface area contributed by atoms with Gasteiger partial charge < -0.3 is 11.1 Å². The summed E-state index contributed by atoms with van der Waals surface area (Å²) < 4.78 is 1.80. The van der Waals surface area contributed by atoms with Gasteiger partial charge in [-0.25, -0.2) is 0 Å². The number of carbonyl (C=O) groups is 1. The molecule has 1 aromatic heterocycles. The van der Waals surface area contributed by atoms with Crippen LogP contribution in [0.25, 0.3) is 0 Å². The lowest BCUT2D eigenvalue weighted by atomic mass is 10.0. The van der Waals surface area contributed by atoms with Crippen molar-refractivity contribution in [1.82, 2.24) is 15.1 Å². The van der Waals surface area contributed by atoms with Crippen molar-refractivity contribution in [3.8, 4) is 0 Å². The van der Waals surface area contributed by atoms with Gasteiger partial charge in [-0.3, -0.25) is 9.48 Å². The molecule has 2 unspecified atom stereocenters. The normalized spacial score (nSPS) is 14.4. The first-order valence-corrected chi connectivity index (χ1v) is 6.00. The number of hydrogen-bond donors (Lipinski definition) is 2. The van der Waals surface area contributed by atoms with Gasteiger partial charge >= 0.3 is 0 Å². The second-order valence-electron chi connectivity index (χ2n) is 4.38. The van der Waals surface area contributed by atoms with E-state index in [2.05, 4.69) is 10.4 Å². The molecule has 0 aliphatic carbocycles. The summed E-state index contributed by atoms with van der Waals surface area (Å²) in [5.74, 6) is -0.0832. The van der Waals surface area contributed by atoms with E-state index in [1.54, 1.807) is 10.9 Å². The quantitative estimate of drug-likeness (QED) is 0.800. The number of amides is 1.